The molecule has 1 saturated carbocycles. The Balaban J connectivity index is 1.91. The molecule has 0 amide bonds. The van der Waals surface area contributed by atoms with E-state index in [1.165, 1.54) is 0 Å². The number of anilines is 3. The summed E-state index contributed by atoms with van der Waals surface area (Å²) >= 11 is 0. The van der Waals surface area contributed by atoms with E-state index in [-0.39, 0.29) is 12.1 Å². The number of nitrogens with one attached hydrogen (secondary N) is 2. The van der Waals surface area contributed by atoms with E-state index < -0.39 is 0 Å². The third-order valence-corrected chi connectivity index (χ3v) is 4.42. The van der Waals surface area contributed by atoms with Crippen molar-refractivity contribution in [3.05, 3.63) is 6.20 Å². The summed E-state index contributed by atoms with van der Waals surface area (Å²) in [5, 5.41) is 16.6. The maximum atomic E-state index is 10.1. The molecule has 0 aliphatic heterocycles. The van der Waals surface area contributed by atoms with Crippen LogP contribution in [0.4, 0.5) is 17.7 Å². The maximum absolute atomic E-state index is 10.1. The lowest BCUT2D eigenvalue weighted by Gasteiger charge is -2.28. The highest BCUT2D eigenvalue weighted by Crippen LogP contribution is 2.25. The Labute approximate surface area is 148 Å². The van der Waals surface area contributed by atoms with Crippen LogP contribution in [0.2, 0.25) is 0 Å². The molecule has 8 heteroatoms. The van der Waals surface area contributed by atoms with Crippen LogP contribution in [0.3, 0.4) is 0 Å². The summed E-state index contributed by atoms with van der Waals surface area (Å²) in [6.07, 6.45) is 6.31. The van der Waals surface area contributed by atoms with Crippen molar-refractivity contribution in [2.75, 3.05) is 36.2 Å². The zero-order chi connectivity index (χ0) is 17.8. The number of nitrogens with zero attached hydrogens (tertiary/aromatic N) is 5. The zero-order valence-corrected chi connectivity index (χ0v) is 15.2. The van der Waals surface area contributed by atoms with Crippen molar-refractivity contribution in [1.82, 2.24) is 19.9 Å². The Morgan fingerprint density at radius 2 is 1.96 bits per heavy atom. The number of rotatable bonds is 6. The van der Waals surface area contributed by atoms with E-state index in [9.17, 15) is 5.11 Å². The fraction of sp³-hybridized carbons (Fsp3) is 0.647. The van der Waals surface area contributed by atoms with Crippen molar-refractivity contribution >= 4 is 28.7 Å². The summed E-state index contributed by atoms with van der Waals surface area (Å²) in [6, 6.07) is 0.000388. The molecule has 1 fully saturated rings. The molecule has 8 nitrogen and oxygen atoms in total. The van der Waals surface area contributed by atoms with Gasteiger partial charge in [-0.2, -0.15) is 4.98 Å². The van der Waals surface area contributed by atoms with Gasteiger partial charge in [0.05, 0.1) is 18.3 Å². The maximum Gasteiger partial charge on any atom is 0.225 e. The normalized spacial score (nSPS) is 20.5. The molecule has 1 aliphatic rings. The van der Waals surface area contributed by atoms with E-state index >= 15 is 0 Å². The molecule has 0 saturated heterocycles. The fourth-order valence-electron chi connectivity index (χ4n) is 3.06. The molecular formula is C17H27N7O. The van der Waals surface area contributed by atoms with E-state index in [1.807, 2.05) is 19.0 Å². The average molecular weight is 345 g/mol. The van der Waals surface area contributed by atoms with Crippen molar-refractivity contribution in [2.24, 2.45) is 0 Å². The highest BCUT2D eigenvalue weighted by molar-refractivity contribution is 5.86. The SMILES string of the molecule is CCCNc1nc(N(C)C)c2nc(N[C@H]3CCCC[C@H]3O)ncc2n1. The summed E-state index contributed by atoms with van der Waals surface area (Å²) in [5.41, 5.74) is 1.40. The van der Waals surface area contributed by atoms with Gasteiger partial charge in [-0.1, -0.05) is 19.8 Å². The molecule has 2 aromatic heterocycles. The van der Waals surface area contributed by atoms with Gasteiger partial charge in [0, 0.05) is 20.6 Å². The van der Waals surface area contributed by atoms with Crippen LogP contribution in [0.15, 0.2) is 6.20 Å². The summed E-state index contributed by atoms with van der Waals surface area (Å²) in [5.74, 6) is 1.85. The van der Waals surface area contributed by atoms with Crippen molar-refractivity contribution in [1.29, 1.82) is 0 Å². The lowest BCUT2D eigenvalue weighted by Crippen LogP contribution is -2.36. The van der Waals surface area contributed by atoms with E-state index in [1.54, 1.807) is 6.20 Å². The number of hydrogen-bond acceptors (Lipinski definition) is 8. The molecule has 0 spiro atoms. The average Bonchev–Trinajstić information content (AvgIpc) is 2.61. The van der Waals surface area contributed by atoms with Crippen LogP contribution in [-0.4, -0.2) is 57.8 Å². The Bertz CT molecular complexity index is 721. The van der Waals surface area contributed by atoms with Gasteiger partial charge in [-0.25, -0.2) is 15.0 Å². The van der Waals surface area contributed by atoms with E-state index in [0.717, 1.165) is 44.5 Å². The van der Waals surface area contributed by atoms with Gasteiger partial charge < -0.3 is 20.6 Å². The molecule has 0 bridgehead atoms. The summed E-state index contributed by atoms with van der Waals surface area (Å²) in [7, 11) is 3.87. The van der Waals surface area contributed by atoms with Gasteiger partial charge in [-0.15, -0.1) is 0 Å². The Kier molecular flexibility index (Phi) is 5.47. The van der Waals surface area contributed by atoms with Crippen LogP contribution in [0.1, 0.15) is 39.0 Å². The van der Waals surface area contributed by atoms with Gasteiger partial charge in [0.15, 0.2) is 5.82 Å². The molecule has 2 atom stereocenters. The second-order valence-corrected chi connectivity index (χ2v) is 6.72. The molecule has 0 aromatic carbocycles. The predicted molar refractivity (Wildman–Crippen MR) is 100 cm³/mol. The quantitative estimate of drug-likeness (QED) is 0.731. The molecule has 0 radical (unpaired) electrons. The third kappa shape index (κ3) is 4.07. The highest BCUT2D eigenvalue weighted by Gasteiger charge is 2.24. The smallest absolute Gasteiger partial charge is 0.225 e. The molecule has 136 valence electrons. The van der Waals surface area contributed by atoms with Crippen LogP contribution in [0, 0.1) is 0 Å². The minimum atomic E-state index is -0.349. The van der Waals surface area contributed by atoms with E-state index in [0.29, 0.717) is 22.9 Å². The van der Waals surface area contributed by atoms with Gasteiger partial charge in [-0.3, -0.25) is 0 Å². The molecule has 3 rings (SSSR count). The highest BCUT2D eigenvalue weighted by atomic mass is 16.3. The van der Waals surface area contributed by atoms with Crippen LogP contribution in [0.25, 0.3) is 11.0 Å². The van der Waals surface area contributed by atoms with Crippen LogP contribution < -0.4 is 15.5 Å². The molecule has 2 heterocycles. The van der Waals surface area contributed by atoms with Gasteiger partial charge >= 0.3 is 0 Å². The Hall–Kier alpha value is -2.22. The standard InChI is InChI=1S/C17H27N7O/c1-4-9-18-16-21-12-10-19-17(20-11-7-5-6-8-13(11)25)22-14(12)15(23-16)24(2)3/h10-11,13,25H,4-9H2,1-3H3,(H,18,21,23)(H,19,20,22)/t11-,13+/m0/s1. The predicted octanol–water partition coefficient (Wildman–Crippen LogP) is 2.02. The van der Waals surface area contributed by atoms with Gasteiger partial charge in [0.25, 0.3) is 0 Å². The van der Waals surface area contributed by atoms with Gasteiger partial charge in [-0.05, 0) is 19.3 Å². The van der Waals surface area contributed by atoms with Crippen molar-refractivity contribution in [3.63, 3.8) is 0 Å². The van der Waals surface area contributed by atoms with Crippen molar-refractivity contribution < 1.29 is 5.11 Å². The largest absolute Gasteiger partial charge is 0.391 e. The summed E-state index contributed by atoms with van der Waals surface area (Å²) in [4.78, 5) is 20.0. The number of aliphatic hydroxyl groups excluding tert-OH is 1. The minimum Gasteiger partial charge on any atom is -0.391 e. The Morgan fingerprint density at radius 3 is 2.68 bits per heavy atom. The fourth-order valence-corrected chi connectivity index (χ4v) is 3.06. The molecular weight excluding hydrogens is 318 g/mol. The number of hydrogen-bond donors (Lipinski definition) is 3. The minimum absolute atomic E-state index is 0.000388. The monoisotopic (exact) mass is 345 g/mol. The first-order valence-electron chi connectivity index (χ1n) is 8.99. The molecule has 25 heavy (non-hydrogen) atoms. The van der Waals surface area contributed by atoms with Crippen LogP contribution >= 0.6 is 0 Å². The first kappa shape index (κ1) is 17.6. The number of aliphatic hydroxyl groups is 1. The molecule has 3 N–H and O–H groups in total. The van der Waals surface area contributed by atoms with Gasteiger partial charge in [0.2, 0.25) is 11.9 Å². The number of aromatic nitrogens is 4. The lowest BCUT2D eigenvalue weighted by molar-refractivity contribution is 0.116. The molecule has 2 aromatic rings. The third-order valence-electron chi connectivity index (χ3n) is 4.42. The molecule has 1 aliphatic carbocycles. The first-order valence-corrected chi connectivity index (χ1v) is 8.99. The second kappa shape index (κ2) is 7.77. The van der Waals surface area contributed by atoms with Crippen molar-refractivity contribution in [2.45, 2.75) is 51.2 Å². The van der Waals surface area contributed by atoms with Gasteiger partial charge in [0.1, 0.15) is 11.0 Å². The van der Waals surface area contributed by atoms with Crippen LogP contribution in [0.5, 0.6) is 0 Å². The summed E-state index contributed by atoms with van der Waals surface area (Å²) in [6.45, 7) is 2.92. The lowest BCUT2D eigenvalue weighted by atomic mass is 9.93. The van der Waals surface area contributed by atoms with E-state index in [2.05, 4.69) is 37.5 Å². The molecule has 0 unspecified atom stereocenters. The summed E-state index contributed by atoms with van der Waals surface area (Å²) < 4.78 is 0. The first-order chi connectivity index (χ1) is 12.1. The van der Waals surface area contributed by atoms with Crippen molar-refractivity contribution in [3.8, 4) is 0 Å². The second-order valence-electron chi connectivity index (χ2n) is 6.72. The topological polar surface area (TPSA) is 99.1 Å². The van der Waals surface area contributed by atoms with E-state index in [4.69, 9.17) is 0 Å². The number of fused-ring (bicyclic) bond motifs is 1. The van der Waals surface area contributed by atoms with Crippen LogP contribution in [-0.2, 0) is 0 Å². The zero-order valence-electron chi connectivity index (χ0n) is 15.2. The Morgan fingerprint density at radius 1 is 1.16 bits per heavy atom.